The zero-order valence-corrected chi connectivity index (χ0v) is 28.4. The third kappa shape index (κ3) is 4.15. The van der Waals surface area contributed by atoms with Crippen LogP contribution in [-0.4, -0.2) is 0 Å². The Morgan fingerprint density at radius 2 is 1.14 bits per heavy atom. The molecule has 0 radical (unpaired) electrons. The molecule has 240 valence electrons. The van der Waals surface area contributed by atoms with Gasteiger partial charge in [0.2, 0.25) is 0 Å². The van der Waals surface area contributed by atoms with Crippen molar-refractivity contribution in [3.63, 3.8) is 0 Å². The molecule has 1 aromatic heterocycles. The lowest BCUT2D eigenvalue weighted by molar-refractivity contribution is 0.360. The van der Waals surface area contributed by atoms with Crippen LogP contribution in [0, 0.1) is 0 Å². The fourth-order valence-corrected chi connectivity index (χ4v) is 11.0. The summed E-state index contributed by atoms with van der Waals surface area (Å²) in [6.07, 6.45) is 0. The van der Waals surface area contributed by atoms with Crippen molar-refractivity contribution in [1.29, 1.82) is 0 Å². The lowest BCUT2D eigenvalue weighted by atomic mass is 9.82. The number of furan rings is 1. The highest BCUT2D eigenvalue weighted by Crippen LogP contribution is 2.55. The van der Waals surface area contributed by atoms with Crippen LogP contribution in [-0.2, 0) is 9.98 Å². The molecule has 0 unspecified atom stereocenters. The van der Waals surface area contributed by atoms with E-state index in [1.807, 2.05) is 103 Å². The highest BCUT2D eigenvalue weighted by Gasteiger charge is 2.43. The second-order valence-corrected chi connectivity index (χ2v) is 16.4. The quantitative estimate of drug-likeness (QED) is 0.175. The smallest absolute Gasteiger partial charge is 0.173 e. The van der Waals surface area contributed by atoms with E-state index in [2.05, 4.69) is 62.4 Å². The van der Waals surface area contributed by atoms with Gasteiger partial charge in [-0.25, -0.2) is 0 Å². The fourth-order valence-electron chi connectivity index (χ4n) is 7.99. The van der Waals surface area contributed by atoms with Crippen molar-refractivity contribution in [3.8, 4) is 45.3 Å². The summed E-state index contributed by atoms with van der Waals surface area (Å²) in [7, 11) is -3.20. The first-order chi connectivity index (χ1) is 24.4. The van der Waals surface area contributed by atoms with Crippen LogP contribution >= 0.6 is 7.14 Å². The van der Waals surface area contributed by atoms with E-state index in [-0.39, 0.29) is 5.41 Å². The van der Waals surface area contributed by atoms with Gasteiger partial charge in [0.15, 0.2) is 30.1 Å². The summed E-state index contributed by atoms with van der Waals surface area (Å²) in [6.45, 7) is 4.50. The molecule has 0 spiro atoms. The minimum absolute atomic E-state index is 0.364. The van der Waals surface area contributed by atoms with Crippen LogP contribution in [0.2, 0.25) is 0 Å². The second-order valence-electron chi connectivity index (χ2n) is 13.6. The number of benzene rings is 7. The molecule has 2 aliphatic rings. The Balaban J connectivity index is 1.07. The van der Waals surface area contributed by atoms with Crippen molar-refractivity contribution in [1.82, 2.24) is 0 Å². The van der Waals surface area contributed by atoms with Crippen molar-refractivity contribution in [2.75, 3.05) is 0 Å². The molecule has 8 aromatic rings. The molecule has 1 aliphatic carbocycles. The van der Waals surface area contributed by atoms with Crippen molar-refractivity contribution < 1.29 is 18.5 Å². The average Bonchev–Trinajstić information content (AvgIpc) is 3.63. The van der Waals surface area contributed by atoms with E-state index in [9.17, 15) is 0 Å². The molecule has 5 heteroatoms. The molecule has 0 amide bonds. The topological polar surface area (TPSA) is 48.7 Å². The van der Waals surface area contributed by atoms with Gasteiger partial charge in [0, 0.05) is 38.2 Å². The fraction of sp³-hybridized carbons (Fsp3) is 0.0667. The maximum Gasteiger partial charge on any atom is 0.173 e. The molecule has 7 aromatic carbocycles. The van der Waals surface area contributed by atoms with Gasteiger partial charge in [0.1, 0.15) is 11.2 Å². The largest absolute Gasteiger partial charge is 0.456 e. The van der Waals surface area contributed by atoms with Crippen molar-refractivity contribution in [2.45, 2.75) is 19.3 Å². The SMILES string of the molecule is CC1(C)c2ccc(-c3ccc4c(c3)Oc3cc5oc6ccccc6c5cc3O4)cc2-c2cccc(P(=O)(c3ccccc3)c3ccccc3)c21. The Labute approximate surface area is 289 Å². The molecule has 1 aliphatic heterocycles. The van der Waals surface area contributed by atoms with Gasteiger partial charge in [0.05, 0.1) is 0 Å². The number of ether oxygens (including phenoxy) is 2. The molecule has 50 heavy (non-hydrogen) atoms. The van der Waals surface area contributed by atoms with Crippen molar-refractivity contribution in [2.24, 2.45) is 0 Å². The Kier molecular flexibility index (Phi) is 6.16. The van der Waals surface area contributed by atoms with Gasteiger partial charge in [-0.2, -0.15) is 0 Å². The average molecular weight is 667 g/mol. The predicted octanol–water partition coefficient (Wildman–Crippen LogP) is 11.1. The summed E-state index contributed by atoms with van der Waals surface area (Å²) in [4.78, 5) is 0. The highest BCUT2D eigenvalue weighted by atomic mass is 31.2. The zero-order chi connectivity index (χ0) is 33.6. The van der Waals surface area contributed by atoms with Gasteiger partial charge in [-0.3, -0.25) is 0 Å². The summed E-state index contributed by atoms with van der Waals surface area (Å²) in [5, 5.41) is 4.62. The van der Waals surface area contributed by atoms with Crippen LogP contribution in [0.5, 0.6) is 23.0 Å². The number of para-hydroxylation sites is 1. The number of fused-ring (bicyclic) bond motifs is 8. The van der Waals surface area contributed by atoms with Gasteiger partial charge >= 0.3 is 0 Å². The summed E-state index contributed by atoms with van der Waals surface area (Å²) in [5.41, 5.74) is 7.94. The summed E-state index contributed by atoms with van der Waals surface area (Å²) in [5.74, 6) is 2.61. The van der Waals surface area contributed by atoms with Crippen LogP contribution in [0.3, 0.4) is 0 Å². The van der Waals surface area contributed by atoms with Crippen LogP contribution in [0.1, 0.15) is 25.0 Å². The third-order valence-corrected chi connectivity index (χ3v) is 13.5. The monoisotopic (exact) mass is 666 g/mol. The molecule has 0 saturated carbocycles. The standard InChI is InChI=1S/C45H31O4P/c1-45(2)36-22-20-28(29-21-23-38-40(25-29)49-42-27-39-35(26-41(42)48-38)32-16-9-10-18-37(32)47-39)24-34(36)33-17-11-19-43(44(33)45)50(46,30-12-5-3-6-13-30)31-14-7-4-8-15-31/h3-27H,1-2H3. The Bertz CT molecular complexity index is 2660. The lowest BCUT2D eigenvalue weighted by Gasteiger charge is -2.29. The maximum absolute atomic E-state index is 15.6. The molecule has 0 bridgehead atoms. The Morgan fingerprint density at radius 1 is 0.500 bits per heavy atom. The lowest BCUT2D eigenvalue weighted by Crippen LogP contribution is -2.31. The van der Waals surface area contributed by atoms with E-state index in [1.54, 1.807) is 0 Å². The molecule has 0 fully saturated rings. The van der Waals surface area contributed by atoms with Crippen LogP contribution in [0.15, 0.2) is 156 Å². The summed E-state index contributed by atoms with van der Waals surface area (Å²) >= 11 is 0. The van der Waals surface area contributed by atoms with Gasteiger partial charge in [-0.15, -0.1) is 0 Å². The van der Waals surface area contributed by atoms with E-state index in [1.165, 1.54) is 5.56 Å². The molecular weight excluding hydrogens is 635 g/mol. The summed E-state index contributed by atoms with van der Waals surface area (Å²) in [6, 6.07) is 50.9. The van der Waals surface area contributed by atoms with E-state index in [0.29, 0.717) is 23.0 Å². The molecule has 4 nitrogen and oxygen atoms in total. The van der Waals surface area contributed by atoms with Gasteiger partial charge in [0.25, 0.3) is 0 Å². The molecule has 2 heterocycles. The zero-order valence-electron chi connectivity index (χ0n) is 27.5. The molecule has 0 atom stereocenters. The van der Waals surface area contributed by atoms with Crippen molar-refractivity contribution >= 4 is 45.0 Å². The number of hydrogen-bond donors (Lipinski definition) is 0. The van der Waals surface area contributed by atoms with Crippen molar-refractivity contribution in [3.05, 3.63) is 163 Å². The maximum atomic E-state index is 15.6. The normalized spacial score (nSPS) is 14.0. The first-order valence-electron chi connectivity index (χ1n) is 16.9. The van der Waals surface area contributed by atoms with Crippen LogP contribution in [0.4, 0.5) is 0 Å². The minimum atomic E-state index is -3.20. The van der Waals surface area contributed by atoms with Crippen LogP contribution in [0.25, 0.3) is 44.2 Å². The van der Waals surface area contributed by atoms with E-state index in [4.69, 9.17) is 13.9 Å². The number of rotatable bonds is 4. The van der Waals surface area contributed by atoms with Gasteiger partial charge in [-0.05, 0) is 63.7 Å². The van der Waals surface area contributed by atoms with E-state index in [0.717, 1.165) is 65.7 Å². The first kappa shape index (κ1) is 29.1. The molecule has 0 saturated heterocycles. The van der Waals surface area contributed by atoms with Gasteiger partial charge in [-0.1, -0.05) is 129 Å². The van der Waals surface area contributed by atoms with Crippen LogP contribution < -0.4 is 25.4 Å². The first-order valence-corrected chi connectivity index (χ1v) is 18.6. The molecule has 10 rings (SSSR count). The van der Waals surface area contributed by atoms with E-state index < -0.39 is 7.14 Å². The van der Waals surface area contributed by atoms with Gasteiger partial charge < -0.3 is 18.5 Å². The molecule has 0 N–H and O–H groups in total. The Morgan fingerprint density at radius 3 is 1.92 bits per heavy atom. The highest BCUT2D eigenvalue weighted by molar-refractivity contribution is 7.85. The molecular formula is C45H31O4P. The number of hydrogen-bond acceptors (Lipinski definition) is 4. The predicted molar refractivity (Wildman–Crippen MR) is 203 cm³/mol. The Hall–Kier alpha value is -5.83. The third-order valence-electron chi connectivity index (χ3n) is 10.4. The summed E-state index contributed by atoms with van der Waals surface area (Å²) < 4.78 is 34.5. The minimum Gasteiger partial charge on any atom is -0.456 e. The van der Waals surface area contributed by atoms with E-state index >= 15 is 4.57 Å². The second kappa shape index (κ2) is 10.6.